The van der Waals surface area contributed by atoms with E-state index in [2.05, 4.69) is 53.6 Å². The van der Waals surface area contributed by atoms with Crippen molar-refractivity contribution in [3.05, 3.63) is 53.9 Å². The average molecular weight is 254 g/mol. The molecular formula is C16H18N2O. The molecule has 3 nitrogen and oxygen atoms in total. The van der Waals surface area contributed by atoms with E-state index >= 15 is 0 Å². The molecule has 98 valence electrons. The summed E-state index contributed by atoms with van der Waals surface area (Å²) in [5, 5.41) is 3.32. The SMILES string of the molecule is Cc1ccc(-c2ccc([C@@H]3CNCCO3)nc2)cc1. The first-order valence-electron chi connectivity index (χ1n) is 6.68. The fourth-order valence-electron chi connectivity index (χ4n) is 2.27. The van der Waals surface area contributed by atoms with Gasteiger partial charge in [0, 0.05) is 24.8 Å². The molecule has 19 heavy (non-hydrogen) atoms. The molecule has 2 heterocycles. The Bertz CT molecular complexity index is 528. The van der Waals surface area contributed by atoms with Gasteiger partial charge < -0.3 is 10.1 Å². The Labute approximate surface area is 113 Å². The van der Waals surface area contributed by atoms with E-state index < -0.39 is 0 Å². The second-order valence-electron chi connectivity index (χ2n) is 4.90. The summed E-state index contributed by atoms with van der Waals surface area (Å²) in [4.78, 5) is 4.54. The minimum absolute atomic E-state index is 0.0841. The second-order valence-corrected chi connectivity index (χ2v) is 4.90. The van der Waals surface area contributed by atoms with E-state index in [1.807, 2.05) is 6.20 Å². The summed E-state index contributed by atoms with van der Waals surface area (Å²) in [6.45, 7) is 4.62. The highest BCUT2D eigenvalue weighted by molar-refractivity contribution is 5.62. The molecule has 2 aromatic rings. The summed E-state index contributed by atoms with van der Waals surface area (Å²) < 4.78 is 5.70. The van der Waals surface area contributed by atoms with Gasteiger partial charge >= 0.3 is 0 Å². The van der Waals surface area contributed by atoms with E-state index in [0.29, 0.717) is 0 Å². The number of aryl methyl sites for hydroxylation is 1. The third-order valence-electron chi connectivity index (χ3n) is 3.43. The van der Waals surface area contributed by atoms with Crippen LogP contribution in [0.25, 0.3) is 11.1 Å². The van der Waals surface area contributed by atoms with Crippen LogP contribution in [0.1, 0.15) is 17.4 Å². The highest BCUT2D eigenvalue weighted by Crippen LogP contribution is 2.22. The zero-order chi connectivity index (χ0) is 13.1. The lowest BCUT2D eigenvalue weighted by Gasteiger charge is -2.23. The fraction of sp³-hybridized carbons (Fsp3) is 0.312. The van der Waals surface area contributed by atoms with Crippen molar-refractivity contribution in [1.82, 2.24) is 10.3 Å². The van der Waals surface area contributed by atoms with Crippen molar-refractivity contribution in [3.63, 3.8) is 0 Å². The van der Waals surface area contributed by atoms with Gasteiger partial charge in [0.1, 0.15) is 6.10 Å². The molecule has 0 aliphatic carbocycles. The molecule has 3 heteroatoms. The van der Waals surface area contributed by atoms with Crippen LogP contribution in [0.5, 0.6) is 0 Å². The Balaban J connectivity index is 1.80. The monoisotopic (exact) mass is 254 g/mol. The smallest absolute Gasteiger partial charge is 0.112 e. The van der Waals surface area contributed by atoms with Crippen molar-refractivity contribution >= 4 is 0 Å². The molecule has 3 rings (SSSR count). The third kappa shape index (κ3) is 2.83. The lowest BCUT2D eigenvalue weighted by atomic mass is 10.1. The molecule has 1 aromatic heterocycles. The summed E-state index contributed by atoms with van der Waals surface area (Å²) in [5.74, 6) is 0. The van der Waals surface area contributed by atoms with Crippen LogP contribution in [-0.2, 0) is 4.74 Å². The number of nitrogens with one attached hydrogen (secondary N) is 1. The predicted octanol–water partition coefficient (Wildman–Crippen LogP) is 2.72. The molecule has 0 unspecified atom stereocenters. The van der Waals surface area contributed by atoms with Gasteiger partial charge in [0.05, 0.1) is 12.3 Å². The van der Waals surface area contributed by atoms with Gasteiger partial charge in [0.2, 0.25) is 0 Å². The van der Waals surface area contributed by atoms with Crippen molar-refractivity contribution < 1.29 is 4.74 Å². The average Bonchev–Trinajstić information content (AvgIpc) is 2.49. The van der Waals surface area contributed by atoms with Gasteiger partial charge in [-0.05, 0) is 18.6 Å². The van der Waals surface area contributed by atoms with Gasteiger partial charge in [-0.1, -0.05) is 35.9 Å². The minimum Gasteiger partial charge on any atom is -0.369 e. The Kier molecular flexibility index (Phi) is 3.58. The topological polar surface area (TPSA) is 34.1 Å². The van der Waals surface area contributed by atoms with Crippen LogP contribution in [0.2, 0.25) is 0 Å². The van der Waals surface area contributed by atoms with Crippen LogP contribution in [0.4, 0.5) is 0 Å². The first-order chi connectivity index (χ1) is 9.33. The third-order valence-corrected chi connectivity index (χ3v) is 3.43. The minimum atomic E-state index is 0.0841. The molecule has 1 aliphatic rings. The number of hydrogen-bond acceptors (Lipinski definition) is 3. The number of pyridine rings is 1. The first-order valence-corrected chi connectivity index (χ1v) is 6.68. The van der Waals surface area contributed by atoms with Gasteiger partial charge in [-0.15, -0.1) is 0 Å². The standard InChI is InChI=1S/C16H18N2O/c1-12-2-4-13(5-3-12)14-6-7-15(18-10-14)16-11-17-8-9-19-16/h2-7,10,16-17H,8-9,11H2,1H3/t16-/m0/s1. The van der Waals surface area contributed by atoms with Crippen LogP contribution in [-0.4, -0.2) is 24.7 Å². The fourth-order valence-corrected chi connectivity index (χ4v) is 2.27. The number of benzene rings is 1. The van der Waals surface area contributed by atoms with Crippen molar-refractivity contribution in [3.8, 4) is 11.1 Å². The zero-order valence-electron chi connectivity index (χ0n) is 11.1. The maximum atomic E-state index is 5.70. The quantitative estimate of drug-likeness (QED) is 0.894. The maximum Gasteiger partial charge on any atom is 0.112 e. The lowest BCUT2D eigenvalue weighted by Crippen LogP contribution is -2.33. The predicted molar refractivity (Wildman–Crippen MR) is 76.0 cm³/mol. The number of hydrogen-bond donors (Lipinski definition) is 1. The Hall–Kier alpha value is -1.71. The highest BCUT2D eigenvalue weighted by Gasteiger charge is 2.16. The largest absolute Gasteiger partial charge is 0.369 e. The van der Waals surface area contributed by atoms with Crippen LogP contribution in [0, 0.1) is 6.92 Å². The van der Waals surface area contributed by atoms with E-state index in [1.54, 1.807) is 0 Å². The van der Waals surface area contributed by atoms with E-state index in [9.17, 15) is 0 Å². The molecule has 1 saturated heterocycles. The Morgan fingerprint density at radius 2 is 1.89 bits per heavy atom. The first kappa shape index (κ1) is 12.3. The van der Waals surface area contributed by atoms with Crippen LogP contribution in [0.3, 0.4) is 0 Å². The maximum absolute atomic E-state index is 5.70. The van der Waals surface area contributed by atoms with Crippen LogP contribution >= 0.6 is 0 Å². The summed E-state index contributed by atoms with van der Waals surface area (Å²) >= 11 is 0. The highest BCUT2D eigenvalue weighted by atomic mass is 16.5. The molecule has 0 bridgehead atoms. The van der Waals surface area contributed by atoms with Gasteiger partial charge in [-0.25, -0.2) is 0 Å². The Morgan fingerprint density at radius 1 is 1.11 bits per heavy atom. The van der Waals surface area contributed by atoms with Crippen molar-refractivity contribution in [2.24, 2.45) is 0 Å². The molecule has 0 radical (unpaired) electrons. The number of morpholine rings is 1. The molecule has 1 atom stereocenters. The van der Waals surface area contributed by atoms with Crippen molar-refractivity contribution in [2.45, 2.75) is 13.0 Å². The second kappa shape index (κ2) is 5.51. The summed E-state index contributed by atoms with van der Waals surface area (Å²) in [6, 6.07) is 12.7. The van der Waals surface area contributed by atoms with Gasteiger partial charge in [-0.3, -0.25) is 4.98 Å². The van der Waals surface area contributed by atoms with Crippen LogP contribution in [0.15, 0.2) is 42.6 Å². The van der Waals surface area contributed by atoms with E-state index in [0.717, 1.165) is 31.0 Å². The number of ether oxygens (including phenoxy) is 1. The van der Waals surface area contributed by atoms with E-state index in [4.69, 9.17) is 4.74 Å². The molecule has 0 saturated carbocycles. The molecule has 1 fully saturated rings. The Morgan fingerprint density at radius 3 is 2.53 bits per heavy atom. The van der Waals surface area contributed by atoms with E-state index in [-0.39, 0.29) is 6.10 Å². The zero-order valence-corrected chi connectivity index (χ0v) is 11.1. The van der Waals surface area contributed by atoms with Crippen LogP contribution < -0.4 is 5.32 Å². The van der Waals surface area contributed by atoms with Crippen molar-refractivity contribution in [2.75, 3.05) is 19.7 Å². The van der Waals surface area contributed by atoms with Gasteiger partial charge in [-0.2, -0.15) is 0 Å². The number of aromatic nitrogens is 1. The van der Waals surface area contributed by atoms with Gasteiger partial charge in [0.25, 0.3) is 0 Å². The molecule has 1 aliphatic heterocycles. The summed E-state index contributed by atoms with van der Waals surface area (Å²) in [5.41, 5.74) is 4.62. The summed E-state index contributed by atoms with van der Waals surface area (Å²) in [6.07, 6.45) is 2.01. The molecule has 1 N–H and O–H groups in total. The summed E-state index contributed by atoms with van der Waals surface area (Å²) in [7, 11) is 0. The van der Waals surface area contributed by atoms with Gasteiger partial charge in [0.15, 0.2) is 0 Å². The number of rotatable bonds is 2. The molecule has 1 aromatic carbocycles. The normalized spacial score (nSPS) is 19.3. The molecule has 0 amide bonds. The van der Waals surface area contributed by atoms with Crippen molar-refractivity contribution in [1.29, 1.82) is 0 Å². The lowest BCUT2D eigenvalue weighted by molar-refractivity contribution is 0.0250. The molecular weight excluding hydrogens is 236 g/mol. The van der Waals surface area contributed by atoms with E-state index in [1.165, 1.54) is 11.1 Å². The number of nitrogens with zero attached hydrogens (tertiary/aromatic N) is 1. The molecule has 0 spiro atoms.